The molecule has 0 spiro atoms. The van der Waals surface area contributed by atoms with Crippen LogP contribution < -0.4 is 20.1 Å². The summed E-state index contributed by atoms with van der Waals surface area (Å²) < 4.78 is 10.4. The van der Waals surface area contributed by atoms with Gasteiger partial charge in [-0.1, -0.05) is 30.0 Å². The van der Waals surface area contributed by atoms with Crippen molar-refractivity contribution >= 4 is 29.3 Å². The number of carbonyl (C=O) groups excluding carboxylic acids is 2. The van der Waals surface area contributed by atoms with Gasteiger partial charge in [-0.2, -0.15) is 5.26 Å². The summed E-state index contributed by atoms with van der Waals surface area (Å²) in [5.41, 5.74) is 6.58. The monoisotopic (exact) mass is 409 g/mol. The Bertz CT molecular complexity index is 1010. The van der Waals surface area contributed by atoms with Gasteiger partial charge in [0.1, 0.15) is 28.2 Å². The van der Waals surface area contributed by atoms with Crippen molar-refractivity contribution in [2.75, 3.05) is 19.1 Å². The predicted octanol–water partition coefficient (Wildman–Crippen LogP) is 2.62. The maximum atomic E-state index is 13.2. The minimum Gasteiger partial charge on any atom is -0.497 e. The number of primary amides is 1. The first kappa shape index (κ1) is 20.3. The standard InChI is InChI=1S/C21H19N3O4S/c1-27-15-8-6-13(7-9-15)10-18-20(26)24(14-4-3-5-16(11-14)28-2)21(29-18)17(12-22)19(23)25/h3-9,11,18H,10H2,1-2H3,(H2,23,25)/b21-17+/t18-/m1/s1. The number of thioether (sulfide) groups is 1. The molecule has 1 heterocycles. The summed E-state index contributed by atoms with van der Waals surface area (Å²) in [7, 11) is 3.11. The summed E-state index contributed by atoms with van der Waals surface area (Å²) in [5.74, 6) is 0.165. The Morgan fingerprint density at radius 1 is 1.17 bits per heavy atom. The van der Waals surface area contributed by atoms with Gasteiger partial charge in [-0.25, -0.2) is 0 Å². The molecule has 1 saturated heterocycles. The second kappa shape index (κ2) is 8.71. The number of hydrogen-bond acceptors (Lipinski definition) is 6. The van der Waals surface area contributed by atoms with Gasteiger partial charge in [0, 0.05) is 6.07 Å². The topological polar surface area (TPSA) is 106 Å². The van der Waals surface area contributed by atoms with Crippen LogP contribution in [0.15, 0.2) is 59.1 Å². The van der Waals surface area contributed by atoms with Crippen molar-refractivity contribution in [3.05, 3.63) is 64.7 Å². The van der Waals surface area contributed by atoms with Gasteiger partial charge in [-0.05, 0) is 36.2 Å². The van der Waals surface area contributed by atoms with E-state index in [4.69, 9.17) is 15.2 Å². The van der Waals surface area contributed by atoms with Gasteiger partial charge in [0.15, 0.2) is 0 Å². The Balaban J connectivity index is 2.00. The summed E-state index contributed by atoms with van der Waals surface area (Å²) in [4.78, 5) is 26.4. The zero-order chi connectivity index (χ0) is 21.0. The summed E-state index contributed by atoms with van der Waals surface area (Å²) in [6.07, 6.45) is 0.426. The molecule has 0 saturated carbocycles. The molecule has 1 atom stereocenters. The quantitative estimate of drug-likeness (QED) is 0.581. The molecule has 29 heavy (non-hydrogen) atoms. The Morgan fingerprint density at radius 3 is 2.45 bits per heavy atom. The molecule has 2 aromatic carbocycles. The minimum atomic E-state index is -0.874. The van der Waals surface area contributed by atoms with Crippen LogP contribution in [0.5, 0.6) is 11.5 Å². The van der Waals surface area contributed by atoms with Crippen LogP contribution in [0.2, 0.25) is 0 Å². The van der Waals surface area contributed by atoms with E-state index in [0.29, 0.717) is 17.9 Å². The van der Waals surface area contributed by atoms with Gasteiger partial charge < -0.3 is 15.2 Å². The van der Waals surface area contributed by atoms with Crippen molar-refractivity contribution in [2.45, 2.75) is 11.7 Å². The number of nitrogens with two attached hydrogens (primary N) is 1. The molecule has 0 bridgehead atoms. The number of carbonyl (C=O) groups is 2. The van der Waals surface area contributed by atoms with Gasteiger partial charge in [-0.15, -0.1) is 0 Å². The smallest absolute Gasteiger partial charge is 0.262 e. The van der Waals surface area contributed by atoms with E-state index in [9.17, 15) is 14.9 Å². The van der Waals surface area contributed by atoms with E-state index in [2.05, 4.69) is 0 Å². The summed E-state index contributed by atoms with van der Waals surface area (Å²) in [6, 6.07) is 16.1. The van der Waals surface area contributed by atoms with Crippen LogP contribution in [0.1, 0.15) is 5.56 Å². The SMILES string of the molecule is COc1ccc(C[C@H]2S/C(=C(\C#N)C(N)=O)N(c3cccc(OC)c3)C2=O)cc1. The molecule has 8 heteroatoms. The fourth-order valence-electron chi connectivity index (χ4n) is 2.96. The lowest BCUT2D eigenvalue weighted by Crippen LogP contribution is -2.31. The van der Waals surface area contributed by atoms with Gasteiger partial charge in [-0.3, -0.25) is 14.5 Å². The largest absolute Gasteiger partial charge is 0.497 e. The number of anilines is 1. The van der Waals surface area contributed by atoms with Crippen LogP contribution in [0, 0.1) is 11.3 Å². The molecule has 0 aliphatic carbocycles. The highest BCUT2D eigenvalue weighted by Gasteiger charge is 2.40. The molecule has 1 aliphatic heterocycles. The lowest BCUT2D eigenvalue weighted by atomic mass is 10.1. The molecule has 7 nitrogen and oxygen atoms in total. The fraction of sp³-hybridized carbons (Fsp3) is 0.190. The highest BCUT2D eigenvalue weighted by molar-refractivity contribution is 8.05. The number of nitriles is 1. The van der Waals surface area contributed by atoms with Crippen LogP contribution in [-0.4, -0.2) is 31.3 Å². The number of ether oxygens (including phenoxy) is 2. The van der Waals surface area contributed by atoms with E-state index in [0.717, 1.165) is 23.1 Å². The van der Waals surface area contributed by atoms with Crippen molar-refractivity contribution < 1.29 is 19.1 Å². The molecule has 1 aliphatic rings. The Morgan fingerprint density at radius 2 is 1.86 bits per heavy atom. The third kappa shape index (κ3) is 4.20. The first-order valence-corrected chi connectivity index (χ1v) is 9.58. The molecule has 3 rings (SSSR count). The number of benzene rings is 2. The first-order chi connectivity index (χ1) is 14.0. The second-order valence-corrected chi connectivity index (χ2v) is 7.38. The summed E-state index contributed by atoms with van der Waals surface area (Å²) in [6.45, 7) is 0. The zero-order valence-electron chi connectivity index (χ0n) is 15.9. The molecular formula is C21H19N3O4S. The van der Waals surface area contributed by atoms with Crippen molar-refractivity contribution in [2.24, 2.45) is 5.73 Å². The van der Waals surface area contributed by atoms with Gasteiger partial charge >= 0.3 is 0 Å². The van der Waals surface area contributed by atoms with E-state index in [-0.39, 0.29) is 16.5 Å². The summed E-state index contributed by atoms with van der Waals surface area (Å²) >= 11 is 1.16. The molecule has 0 unspecified atom stereocenters. The van der Waals surface area contributed by atoms with Crippen molar-refractivity contribution in [3.8, 4) is 17.6 Å². The Hall–Kier alpha value is -3.44. The third-order valence-corrected chi connectivity index (χ3v) is 5.68. The predicted molar refractivity (Wildman–Crippen MR) is 110 cm³/mol. The van der Waals surface area contributed by atoms with Gasteiger partial charge in [0.25, 0.3) is 5.91 Å². The van der Waals surface area contributed by atoms with E-state index >= 15 is 0 Å². The zero-order valence-corrected chi connectivity index (χ0v) is 16.7. The number of rotatable bonds is 6. The lowest BCUT2D eigenvalue weighted by Gasteiger charge is -2.18. The van der Waals surface area contributed by atoms with E-state index in [1.165, 1.54) is 12.0 Å². The molecular weight excluding hydrogens is 390 g/mol. The molecule has 0 radical (unpaired) electrons. The maximum absolute atomic E-state index is 13.2. The molecule has 2 N–H and O–H groups in total. The first-order valence-electron chi connectivity index (χ1n) is 8.70. The van der Waals surface area contributed by atoms with Crippen LogP contribution >= 0.6 is 11.8 Å². The normalized spacial score (nSPS) is 17.6. The molecule has 1 fully saturated rings. The molecule has 148 valence electrons. The second-order valence-electron chi connectivity index (χ2n) is 6.19. The highest BCUT2D eigenvalue weighted by Crippen LogP contribution is 2.42. The van der Waals surface area contributed by atoms with Crippen molar-refractivity contribution in [1.82, 2.24) is 0 Å². The number of nitrogens with zero attached hydrogens (tertiary/aromatic N) is 2. The van der Waals surface area contributed by atoms with Crippen LogP contribution in [0.4, 0.5) is 5.69 Å². The van der Waals surface area contributed by atoms with E-state index in [1.54, 1.807) is 31.4 Å². The fourth-order valence-corrected chi connectivity index (χ4v) is 4.28. The maximum Gasteiger partial charge on any atom is 0.262 e. The van der Waals surface area contributed by atoms with Gasteiger partial charge in [0.05, 0.1) is 25.2 Å². The summed E-state index contributed by atoms with van der Waals surface area (Å²) in [5, 5.41) is 9.17. The molecule has 2 aromatic rings. The van der Waals surface area contributed by atoms with E-state index in [1.807, 2.05) is 30.3 Å². The average Bonchev–Trinajstić information content (AvgIpc) is 3.04. The number of amides is 2. The van der Waals surface area contributed by atoms with Crippen molar-refractivity contribution in [1.29, 1.82) is 5.26 Å². The lowest BCUT2D eigenvalue weighted by molar-refractivity contribution is -0.117. The average molecular weight is 409 g/mol. The third-order valence-electron chi connectivity index (χ3n) is 4.42. The molecule has 2 amide bonds. The Labute approximate surface area is 172 Å². The highest BCUT2D eigenvalue weighted by atomic mass is 32.2. The Kier molecular flexibility index (Phi) is 6.10. The van der Waals surface area contributed by atoms with Gasteiger partial charge in [0.2, 0.25) is 5.91 Å². The van der Waals surface area contributed by atoms with Crippen LogP contribution in [-0.2, 0) is 16.0 Å². The number of methoxy groups -OCH3 is 2. The minimum absolute atomic E-state index is 0.233. The van der Waals surface area contributed by atoms with Crippen LogP contribution in [0.25, 0.3) is 0 Å². The van der Waals surface area contributed by atoms with Crippen molar-refractivity contribution in [3.63, 3.8) is 0 Å². The van der Waals surface area contributed by atoms with E-state index < -0.39 is 11.2 Å². The van der Waals surface area contributed by atoms with Crippen LogP contribution in [0.3, 0.4) is 0 Å². The molecule has 0 aromatic heterocycles. The number of hydrogen-bond donors (Lipinski definition) is 1.